The molecule has 0 aliphatic heterocycles. The number of rotatable bonds is 6. The van der Waals surface area contributed by atoms with Crippen LogP contribution in [0, 0.1) is 10.1 Å². The van der Waals surface area contributed by atoms with Crippen molar-refractivity contribution in [2.45, 2.75) is 4.90 Å². The standard InChI is InChI=1S/C17H19N3O6S/c1-18(2)13-4-8-15(9-5-13)26-17(21)19(3)12-27(24,25)16-10-6-14(7-11-16)20(22)23/h4-11H,12H2,1-3H3. The van der Waals surface area contributed by atoms with Crippen molar-refractivity contribution < 1.29 is 22.9 Å². The highest BCUT2D eigenvalue weighted by molar-refractivity contribution is 7.91. The van der Waals surface area contributed by atoms with Gasteiger partial charge in [0.1, 0.15) is 11.6 Å². The summed E-state index contributed by atoms with van der Waals surface area (Å²) in [4.78, 5) is 24.8. The molecule has 2 rings (SSSR count). The van der Waals surface area contributed by atoms with Crippen LogP contribution in [0.2, 0.25) is 0 Å². The van der Waals surface area contributed by atoms with Crippen molar-refractivity contribution in [3.05, 3.63) is 58.6 Å². The van der Waals surface area contributed by atoms with Gasteiger partial charge >= 0.3 is 6.09 Å². The fourth-order valence-electron chi connectivity index (χ4n) is 2.15. The minimum absolute atomic E-state index is 0.122. The van der Waals surface area contributed by atoms with Crippen molar-refractivity contribution >= 4 is 27.3 Å². The zero-order valence-corrected chi connectivity index (χ0v) is 15.8. The number of nitro benzene ring substituents is 1. The molecule has 2 aromatic rings. The molecule has 9 nitrogen and oxygen atoms in total. The number of carbonyl (C=O) groups excluding carboxylic acids is 1. The lowest BCUT2D eigenvalue weighted by Crippen LogP contribution is -2.34. The minimum Gasteiger partial charge on any atom is -0.410 e. The molecule has 0 aliphatic carbocycles. The van der Waals surface area contributed by atoms with Gasteiger partial charge in [0, 0.05) is 39.0 Å². The van der Waals surface area contributed by atoms with Crippen LogP contribution in [0.1, 0.15) is 0 Å². The molecule has 0 unspecified atom stereocenters. The Labute approximate surface area is 156 Å². The van der Waals surface area contributed by atoms with Crippen molar-refractivity contribution in [3.63, 3.8) is 0 Å². The fraction of sp³-hybridized carbons (Fsp3) is 0.235. The average molecular weight is 393 g/mol. The van der Waals surface area contributed by atoms with Crippen LogP contribution in [0.3, 0.4) is 0 Å². The van der Waals surface area contributed by atoms with E-state index in [0.29, 0.717) is 0 Å². The summed E-state index contributed by atoms with van der Waals surface area (Å²) >= 11 is 0. The van der Waals surface area contributed by atoms with Crippen LogP contribution in [0.15, 0.2) is 53.4 Å². The molecule has 0 bridgehead atoms. The first kappa shape index (κ1) is 20.2. The number of sulfone groups is 1. The number of nitrogens with zero attached hydrogens (tertiary/aromatic N) is 3. The highest BCUT2D eigenvalue weighted by atomic mass is 32.2. The quantitative estimate of drug-likeness (QED) is 0.548. The van der Waals surface area contributed by atoms with Gasteiger partial charge in [-0.25, -0.2) is 13.2 Å². The number of amides is 1. The first-order valence-electron chi connectivity index (χ1n) is 7.78. The van der Waals surface area contributed by atoms with E-state index in [-0.39, 0.29) is 16.3 Å². The highest BCUT2D eigenvalue weighted by Gasteiger charge is 2.22. The molecular weight excluding hydrogens is 374 g/mol. The highest BCUT2D eigenvalue weighted by Crippen LogP contribution is 2.20. The number of non-ortho nitro benzene ring substituents is 1. The second kappa shape index (κ2) is 8.04. The van der Waals surface area contributed by atoms with E-state index in [4.69, 9.17) is 4.74 Å². The number of ether oxygens (including phenoxy) is 1. The molecule has 0 aromatic heterocycles. The first-order chi connectivity index (χ1) is 12.6. The Morgan fingerprint density at radius 2 is 1.59 bits per heavy atom. The largest absolute Gasteiger partial charge is 0.415 e. The molecule has 144 valence electrons. The molecule has 0 fully saturated rings. The Kier molecular flexibility index (Phi) is 6.01. The second-order valence-corrected chi connectivity index (χ2v) is 7.91. The summed E-state index contributed by atoms with van der Waals surface area (Å²) in [6.07, 6.45) is -0.835. The normalized spacial score (nSPS) is 10.9. The molecule has 0 radical (unpaired) electrons. The Balaban J connectivity index is 2.04. The van der Waals surface area contributed by atoms with Gasteiger partial charge in [-0.05, 0) is 36.4 Å². The maximum atomic E-state index is 12.4. The summed E-state index contributed by atoms with van der Waals surface area (Å²) in [7, 11) is 1.18. The minimum atomic E-state index is -3.86. The van der Waals surface area contributed by atoms with E-state index < -0.39 is 26.7 Å². The molecule has 0 atom stereocenters. The van der Waals surface area contributed by atoms with Gasteiger partial charge in [0.05, 0.1) is 9.82 Å². The number of hydrogen-bond donors (Lipinski definition) is 0. The van der Waals surface area contributed by atoms with Crippen molar-refractivity contribution in [3.8, 4) is 5.75 Å². The summed E-state index contributed by atoms with van der Waals surface area (Å²) in [5.74, 6) is -0.343. The molecular formula is C17H19N3O6S. The maximum Gasteiger partial charge on any atom is 0.415 e. The van der Waals surface area contributed by atoms with Crippen LogP contribution >= 0.6 is 0 Å². The Bertz CT molecular complexity index is 924. The number of carbonyl (C=O) groups is 1. The maximum absolute atomic E-state index is 12.4. The molecule has 0 N–H and O–H groups in total. The lowest BCUT2D eigenvalue weighted by Gasteiger charge is -2.17. The van der Waals surface area contributed by atoms with Crippen molar-refractivity contribution in [2.24, 2.45) is 0 Å². The van der Waals surface area contributed by atoms with Gasteiger partial charge in [0.25, 0.3) is 5.69 Å². The SMILES string of the molecule is CN(CS(=O)(=O)c1ccc([N+](=O)[O-])cc1)C(=O)Oc1ccc(N(C)C)cc1. The van der Waals surface area contributed by atoms with Crippen molar-refractivity contribution in [1.82, 2.24) is 4.90 Å². The summed E-state index contributed by atoms with van der Waals surface area (Å²) in [6.45, 7) is 0. The molecule has 0 saturated carbocycles. The average Bonchev–Trinajstić information content (AvgIpc) is 2.61. The third-order valence-electron chi connectivity index (χ3n) is 3.64. The smallest absolute Gasteiger partial charge is 0.410 e. The lowest BCUT2D eigenvalue weighted by molar-refractivity contribution is -0.384. The third-order valence-corrected chi connectivity index (χ3v) is 5.36. The monoisotopic (exact) mass is 393 g/mol. The molecule has 0 heterocycles. The zero-order valence-electron chi connectivity index (χ0n) is 15.0. The van der Waals surface area contributed by atoms with E-state index in [0.717, 1.165) is 34.9 Å². The molecule has 2 aromatic carbocycles. The van der Waals surface area contributed by atoms with E-state index in [1.807, 2.05) is 19.0 Å². The van der Waals surface area contributed by atoms with Gasteiger partial charge in [0.2, 0.25) is 0 Å². The molecule has 0 aliphatic rings. The van der Waals surface area contributed by atoms with Crippen LogP contribution < -0.4 is 9.64 Å². The zero-order chi connectivity index (χ0) is 20.2. The van der Waals surface area contributed by atoms with E-state index in [1.54, 1.807) is 24.3 Å². The number of anilines is 1. The van der Waals surface area contributed by atoms with Gasteiger partial charge in [-0.3, -0.25) is 15.0 Å². The van der Waals surface area contributed by atoms with Crippen molar-refractivity contribution in [2.75, 3.05) is 31.9 Å². The van der Waals surface area contributed by atoms with Gasteiger partial charge in [-0.1, -0.05) is 0 Å². The predicted molar refractivity (Wildman–Crippen MR) is 99.7 cm³/mol. The van der Waals surface area contributed by atoms with E-state index in [9.17, 15) is 23.3 Å². The van der Waals surface area contributed by atoms with Crippen LogP contribution in [0.5, 0.6) is 5.75 Å². The van der Waals surface area contributed by atoms with Gasteiger partial charge in [0.15, 0.2) is 9.84 Å². The van der Waals surface area contributed by atoms with Crippen LogP contribution in [-0.2, 0) is 9.84 Å². The molecule has 0 saturated heterocycles. The summed E-state index contributed by atoms with van der Waals surface area (Å²) in [5.41, 5.74) is 0.701. The second-order valence-electron chi connectivity index (χ2n) is 5.95. The van der Waals surface area contributed by atoms with E-state index in [2.05, 4.69) is 0 Å². The van der Waals surface area contributed by atoms with Gasteiger partial charge < -0.3 is 9.64 Å². The Morgan fingerprint density at radius 3 is 2.07 bits per heavy atom. The number of hydrogen-bond acceptors (Lipinski definition) is 7. The predicted octanol–water partition coefficient (Wildman–Crippen LogP) is 2.52. The molecule has 1 amide bonds. The molecule has 0 spiro atoms. The summed E-state index contributed by atoms with van der Waals surface area (Å²) < 4.78 is 29.9. The van der Waals surface area contributed by atoms with Crippen LogP contribution in [-0.4, -0.2) is 51.4 Å². The summed E-state index contributed by atoms with van der Waals surface area (Å²) in [6, 6.07) is 11.2. The van der Waals surface area contributed by atoms with Gasteiger partial charge in [-0.2, -0.15) is 0 Å². The lowest BCUT2D eigenvalue weighted by atomic mass is 10.3. The van der Waals surface area contributed by atoms with E-state index in [1.165, 1.54) is 7.05 Å². The van der Waals surface area contributed by atoms with Gasteiger partial charge in [-0.15, -0.1) is 0 Å². The Hall–Kier alpha value is -3.14. The van der Waals surface area contributed by atoms with Crippen LogP contribution in [0.25, 0.3) is 0 Å². The summed E-state index contributed by atoms with van der Waals surface area (Å²) in [5, 5.41) is 10.6. The number of benzene rings is 2. The number of nitro groups is 1. The topological polar surface area (TPSA) is 110 Å². The van der Waals surface area contributed by atoms with E-state index >= 15 is 0 Å². The fourth-order valence-corrected chi connectivity index (χ4v) is 3.46. The Morgan fingerprint density at radius 1 is 1.04 bits per heavy atom. The third kappa shape index (κ3) is 5.17. The molecule has 27 heavy (non-hydrogen) atoms. The molecule has 10 heteroatoms. The van der Waals surface area contributed by atoms with Crippen LogP contribution in [0.4, 0.5) is 16.2 Å². The van der Waals surface area contributed by atoms with Crippen molar-refractivity contribution in [1.29, 1.82) is 0 Å². The first-order valence-corrected chi connectivity index (χ1v) is 9.43.